The van der Waals surface area contributed by atoms with Gasteiger partial charge in [-0.1, -0.05) is 31.4 Å². The molecule has 1 saturated carbocycles. The summed E-state index contributed by atoms with van der Waals surface area (Å²) >= 11 is 0. The number of ether oxygens (including phenoxy) is 1. The zero-order valence-electron chi connectivity index (χ0n) is 20.9. The summed E-state index contributed by atoms with van der Waals surface area (Å²) in [4.78, 5) is 25.1. The zero-order chi connectivity index (χ0) is 25.9. The number of aromatic carboxylic acids is 1. The molecule has 7 heteroatoms. The molecule has 3 aromatic heterocycles. The SMILES string of the molecule is O=C(O)c1ccc2c(c1)nc(-c1ccc(OC(c3cccnc3)c3cccnc3)cc1)n2C1CCCCC1. The first-order valence-electron chi connectivity index (χ1n) is 13.0. The molecule has 7 nitrogen and oxygen atoms in total. The van der Waals surface area contributed by atoms with Gasteiger partial charge in [-0.25, -0.2) is 9.78 Å². The van der Waals surface area contributed by atoms with Crippen molar-refractivity contribution in [1.82, 2.24) is 19.5 Å². The van der Waals surface area contributed by atoms with Crippen molar-refractivity contribution in [3.05, 3.63) is 108 Å². The van der Waals surface area contributed by atoms with E-state index in [0.717, 1.165) is 46.6 Å². The molecule has 0 radical (unpaired) electrons. The Kier molecular flexibility index (Phi) is 6.56. The second-order valence-electron chi connectivity index (χ2n) is 9.70. The number of rotatable bonds is 7. The van der Waals surface area contributed by atoms with Crippen LogP contribution in [-0.2, 0) is 0 Å². The minimum atomic E-state index is -0.945. The first kappa shape index (κ1) is 23.9. The van der Waals surface area contributed by atoms with Gasteiger partial charge >= 0.3 is 5.97 Å². The number of benzene rings is 2. The zero-order valence-corrected chi connectivity index (χ0v) is 20.9. The van der Waals surface area contributed by atoms with E-state index in [4.69, 9.17) is 9.72 Å². The quantitative estimate of drug-likeness (QED) is 0.260. The molecular formula is C31H28N4O3. The molecule has 0 atom stereocenters. The monoisotopic (exact) mass is 504 g/mol. The van der Waals surface area contributed by atoms with Crippen LogP contribution in [0.2, 0.25) is 0 Å². The van der Waals surface area contributed by atoms with Crippen LogP contribution >= 0.6 is 0 Å². The number of pyridine rings is 2. The first-order chi connectivity index (χ1) is 18.7. The Morgan fingerprint density at radius 1 is 0.895 bits per heavy atom. The van der Waals surface area contributed by atoms with Crippen LogP contribution in [0.25, 0.3) is 22.4 Å². The Balaban J connectivity index is 1.36. The number of aromatic nitrogens is 4. The lowest BCUT2D eigenvalue weighted by Gasteiger charge is -2.26. The van der Waals surface area contributed by atoms with E-state index in [1.807, 2.05) is 67.0 Å². The standard InChI is InChI=1S/C31H28N4O3/c36-31(37)22-12-15-28-27(18-22)34-30(35(28)25-8-2-1-3-9-25)21-10-13-26(14-11-21)38-29(23-6-4-16-32-19-23)24-7-5-17-33-20-24/h4-7,10-20,25,29H,1-3,8-9H2,(H,36,37). The maximum atomic E-state index is 11.6. The van der Waals surface area contributed by atoms with Crippen LogP contribution in [0.1, 0.15) is 65.7 Å². The molecule has 190 valence electrons. The summed E-state index contributed by atoms with van der Waals surface area (Å²) < 4.78 is 8.76. The van der Waals surface area contributed by atoms with E-state index in [2.05, 4.69) is 14.5 Å². The number of carbonyl (C=O) groups is 1. The second kappa shape index (κ2) is 10.5. The van der Waals surface area contributed by atoms with Crippen molar-refractivity contribution in [3.63, 3.8) is 0 Å². The average molecular weight is 505 g/mol. The van der Waals surface area contributed by atoms with Crippen LogP contribution in [0.3, 0.4) is 0 Å². The number of carboxylic acids is 1. The van der Waals surface area contributed by atoms with Gasteiger partial charge in [0.25, 0.3) is 0 Å². The Labute approximate surface area is 220 Å². The molecule has 0 amide bonds. The highest BCUT2D eigenvalue weighted by Gasteiger charge is 2.23. The lowest BCUT2D eigenvalue weighted by Crippen LogP contribution is -2.14. The number of nitrogens with zero attached hydrogens (tertiary/aromatic N) is 4. The van der Waals surface area contributed by atoms with Gasteiger partial charge in [0.2, 0.25) is 0 Å². The summed E-state index contributed by atoms with van der Waals surface area (Å²) in [6.07, 6.45) is 12.6. The fourth-order valence-electron chi connectivity index (χ4n) is 5.35. The van der Waals surface area contributed by atoms with Gasteiger partial charge in [-0.3, -0.25) is 9.97 Å². The molecule has 1 fully saturated rings. The van der Waals surface area contributed by atoms with E-state index in [-0.39, 0.29) is 11.7 Å². The smallest absolute Gasteiger partial charge is 0.335 e. The van der Waals surface area contributed by atoms with E-state index in [1.165, 1.54) is 19.3 Å². The summed E-state index contributed by atoms with van der Waals surface area (Å²) in [6.45, 7) is 0. The molecule has 0 saturated heterocycles. The topological polar surface area (TPSA) is 90.1 Å². The Morgan fingerprint density at radius 2 is 1.58 bits per heavy atom. The van der Waals surface area contributed by atoms with Gasteiger partial charge in [0.15, 0.2) is 6.10 Å². The molecular weight excluding hydrogens is 476 g/mol. The van der Waals surface area contributed by atoms with Crippen molar-refractivity contribution in [2.45, 2.75) is 44.2 Å². The highest BCUT2D eigenvalue weighted by molar-refractivity contribution is 5.93. The summed E-state index contributed by atoms with van der Waals surface area (Å²) in [5, 5.41) is 9.50. The molecule has 0 spiro atoms. The van der Waals surface area contributed by atoms with E-state index in [9.17, 15) is 9.90 Å². The number of hydrogen-bond acceptors (Lipinski definition) is 5. The highest BCUT2D eigenvalue weighted by Crippen LogP contribution is 2.37. The van der Waals surface area contributed by atoms with E-state index >= 15 is 0 Å². The van der Waals surface area contributed by atoms with Gasteiger partial charge in [-0.2, -0.15) is 0 Å². The van der Waals surface area contributed by atoms with Gasteiger partial charge in [-0.05, 0) is 67.4 Å². The number of carboxylic acid groups (broad SMARTS) is 1. The summed E-state index contributed by atoms with van der Waals surface area (Å²) in [6, 6.07) is 21.3. The van der Waals surface area contributed by atoms with Gasteiger partial charge < -0.3 is 14.4 Å². The lowest BCUT2D eigenvalue weighted by molar-refractivity contribution is 0.0697. The van der Waals surface area contributed by atoms with Crippen molar-refractivity contribution in [3.8, 4) is 17.1 Å². The van der Waals surface area contributed by atoms with Gasteiger partial charge in [0.05, 0.1) is 16.6 Å². The van der Waals surface area contributed by atoms with Crippen molar-refractivity contribution in [2.75, 3.05) is 0 Å². The number of fused-ring (bicyclic) bond motifs is 1. The Morgan fingerprint density at radius 3 is 2.18 bits per heavy atom. The molecule has 1 aliphatic carbocycles. The number of hydrogen-bond donors (Lipinski definition) is 1. The van der Waals surface area contributed by atoms with Crippen LogP contribution in [0.4, 0.5) is 0 Å². The summed E-state index contributed by atoms with van der Waals surface area (Å²) in [5.41, 5.74) is 4.79. The molecule has 3 heterocycles. The minimum absolute atomic E-state index is 0.248. The summed E-state index contributed by atoms with van der Waals surface area (Å²) in [7, 11) is 0. The summed E-state index contributed by atoms with van der Waals surface area (Å²) in [5.74, 6) is 0.635. The highest BCUT2D eigenvalue weighted by atomic mass is 16.5. The van der Waals surface area contributed by atoms with Crippen LogP contribution in [0.5, 0.6) is 5.75 Å². The molecule has 1 N–H and O–H groups in total. The van der Waals surface area contributed by atoms with E-state index in [0.29, 0.717) is 11.6 Å². The average Bonchev–Trinajstić information content (AvgIpc) is 3.36. The predicted octanol–water partition coefficient (Wildman–Crippen LogP) is 6.87. The molecule has 38 heavy (non-hydrogen) atoms. The van der Waals surface area contributed by atoms with E-state index < -0.39 is 5.97 Å². The normalized spacial score (nSPS) is 14.1. The molecule has 0 aliphatic heterocycles. The van der Waals surface area contributed by atoms with Crippen LogP contribution < -0.4 is 4.74 Å². The Bertz CT molecular complexity index is 1500. The molecule has 2 aromatic carbocycles. The van der Waals surface area contributed by atoms with Crippen LogP contribution in [0.15, 0.2) is 91.5 Å². The first-order valence-corrected chi connectivity index (χ1v) is 13.0. The van der Waals surface area contributed by atoms with Crippen LogP contribution in [0, 0.1) is 0 Å². The fraction of sp³-hybridized carbons (Fsp3) is 0.226. The maximum absolute atomic E-state index is 11.6. The van der Waals surface area contributed by atoms with Crippen molar-refractivity contribution in [1.29, 1.82) is 0 Å². The molecule has 5 aromatic rings. The molecule has 6 rings (SSSR count). The third kappa shape index (κ3) is 4.75. The van der Waals surface area contributed by atoms with Crippen molar-refractivity contribution < 1.29 is 14.6 Å². The number of imidazole rings is 1. The van der Waals surface area contributed by atoms with Crippen molar-refractivity contribution >= 4 is 17.0 Å². The maximum Gasteiger partial charge on any atom is 0.335 e. The lowest BCUT2D eigenvalue weighted by atomic mass is 9.95. The second-order valence-corrected chi connectivity index (χ2v) is 9.70. The predicted molar refractivity (Wildman–Crippen MR) is 145 cm³/mol. The van der Waals surface area contributed by atoms with Gasteiger partial charge in [-0.15, -0.1) is 0 Å². The van der Waals surface area contributed by atoms with E-state index in [1.54, 1.807) is 24.5 Å². The van der Waals surface area contributed by atoms with Crippen LogP contribution in [-0.4, -0.2) is 30.6 Å². The molecule has 0 unspecified atom stereocenters. The Hall–Kier alpha value is -4.52. The third-order valence-electron chi connectivity index (χ3n) is 7.22. The van der Waals surface area contributed by atoms with Gasteiger partial charge in [0, 0.05) is 47.5 Å². The van der Waals surface area contributed by atoms with Gasteiger partial charge in [0.1, 0.15) is 11.6 Å². The largest absolute Gasteiger partial charge is 0.481 e. The third-order valence-corrected chi connectivity index (χ3v) is 7.22. The molecule has 1 aliphatic rings. The minimum Gasteiger partial charge on any atom is -0.481 e. The fourth-order valence-corrected chi connectivity index (χ4v) is 5.35. The van der Waals surface area contributed by atoms with Crippen molar-refractivity contribution in [2.24, 2.45) is 0 Å². The molecule has 0 bridgehead atoms.